The molecule has 86 valence electrons. The van der Waals surface area contributed by atoms with Gasteiger partial charge in [0.1, 0.15) is 0 Å². The van der Waals surface area contributed by atoms with E-state index in [0.29, 0.717) is 6.42 Å². The second-order valence-corrected chi connectivity index (χ2v) is 4.61. The molecule has 2 unspecified atom stereocenters. The highest BCUT2D eigenvalue weighted by Gasteiger charge is 2.28. The van der Waals surface area contributed by atoms with Crippen LogP contribution in [0.4, 0.5) is 0 Å². The summed E-state index contributed by atoms with van der Waals surface area (Å²) in [7, 11) is 0. The number of hydrogen-bond acceptors (Lipinski definition) is 2. The topological polar surface area (TPSA) is 37.3 Å². The van der Waals surface area contributed by atoms with E-state index >= 15 is 0 Å². The molecule has 3 heteroatoms. The maximum atomic E-state index is 12.1. The van der Waals surface area contributed by atoms with Gasteiger partial charge in [-0.1, -0.05) is 24.3 Å². The van der Waals surface area contributed by atoms with Gasteiger partial charge in [0.2, 0.25) is 0 Å². The molecular weight excluding hydrogens is 224 g/mol. The molecule has 2 nitrogen and oxygen atoms in total. The average Bonchev–Trinajstić information content (AvgIpc) is 2.33. The molecule has 0 radical (unpaired) electrons. The molecular formula is C13H15ClO2. The Morgan fingerprint density at radius 2 is 2.19 bits per heavy atom. The minimum absolute atomic E-state index is 0.0661. The third-order valence-electron chi connectivity index (χ3n) is 3.15. The molecule has 0 aromatic heterocycles. The average molecular weight is 239 g/mol. The van der Waals surface area contributed by atoms with Gasteiger partial charge in [-0.05, 0) is 24.8 Å². The van der Waals surface area contributed by atoms with Crippen molar-refractivity contribution in [1.82, 2.24) is 0 Å². The fourth-order valence-corrected chi connectivity index (χ4v) is 2.40. The number of fused-ring (bicyclic) bond motifs is 1. The third kappa shape index (κ3) is 2.28. The highest BCUT2D eigenvalue weighted by Crippen LogP contribution is 2.28. The zero-order valence-corrected chi connectivity index (χ0v) is 9.78. The van der Waals surface area contributed by atoms with E-state index in [4.69, 9.17) is 11.6 Å². The monoisotopic (exact) mass is 238 g/mol. The molecule has 0 aliphatic heterocycles. The number of carbonyl (C=O) groups is 1. The van der Waals surface area contributed by atoms with Crippen LogP contribution in [0.25, 0.3) is 0 Å². The van der Waals surface area contributed by atoms with Gasteiger partial charge in [0.05, 0.1) is 6.10 Å². The lowest BCUT2D eigenvalue weighted by atomic mass is 9.80. The van der Waals surface area contributed by atoms with Gasteiger partial charge in [-0.25, -0.2) is 0 Å². The Kier molecular flexibility index (Phi) is 3.62. The number of carbonyl (C=O) groups excluding carboxylic acids is 1. The van der Waals surface area contributed by atoms with Crippen LogP contribution in [-0.2, 0) is 6.42 Å². The van der Waals surface area contributed by atoms with E-state index in [2.05, 4.69) is 0 Å². The van der Waals surface area contributed by atoms with Gasteiger partial charge < -0.3 is 5.11 Å². The first-order valence-corrected chi connectivity index (χ1v) is 6.12. The van der Waals surface area contributed by atoms with Gasteiger partial charge in [-0.3, -0.25) is 4.79 Å². The number of aryl methyl sites for hydroxylation is 1. The van der Waals surface area contributed by atoms with Crippen molar-refractivity contribution in [3.63, 3.8) is 0 Å². The lowest BCUT2D eigenvalue weighted by Gasteiger charge is -2.24. The summed E-state index contributed by atoms with van der Waals surface area (Å²) < 4.78 is 0. The summed E-state index contributed by atoms with van der Waals surface area (Å²) >= 11 is 5.56. The maximum Gasteiger partial charge on any atom is 0.166 e. The highest BCUT2D eigenvalue weighted by molar-refractivity contribution is 6.18. The summed E-state index contributed by atoms with van der Waals surface area (Å²) in [6, 6.07) is 7.72. The van der Waals surface area contributed by atoms with E-state index in [1.807, 2.05) is 24.3 Å². The predicted octanol–water partition coefficient (Wildman–Crippen LogP) is 2.42. The van der Waals surface area contributed by atoms with Crippen molar-refractivity contribution in [1.29, 1.82) is 0 Å². The molecule has 1 N–H and O–H groups in total. The number of aliphatic hydroxyl groups is 1. The fraction of sp³-hybridized carbons (Fsp3) is 0.462. The van der Waals surface area contributed by atoms with Crippen molar-refractivity contribution >= 4 is 17.4 Å². The van der Waals surface area contributed by atoms with E-state index in [1.54, 1.807) is 0 Å². The smallest absolute Gasteiger partial charge is 0.166 e. The van der Waals surface area contributed by atoms with Crippen LogP contribution in [0, 0.1) is 5.92 Å². The van der Waals surface area contributed by atoms with Crippen LogP contribution in [0.15, 0.2) is 24.3 Å². The summed E-state index contributed by atoms with van der Waals surface area (Å²) in [5.41, 5.74) is 1.95. The van der Waals surface area contributed by atoms with E-state index in [0.717, 1.165) is 24.0 Å². The number of aliphatic hydroxyl groups excluding tert-OH is 1. The molecule has 0 saturated heterocycles. The van der Waals surface area contributed by atoms with E-state index < -0.39 is 6.10 Å². The molecule has 0 fully saturated rings. The zero-order valence-electron chi connectivity index (χ0n) is 9.03. The number of Topliss-reactive ketones (excluding diaryl/α,β-unsaturated/α-hetero) is 1. The lowest BCUT2D eigenvalue weighted by molar-refractivity contribution is 0.0830. The fourth-order valence-electron chi connectivity index (χ4n) is 2.28. The molecule has 0 heterocycles. The van der Waals surface area contributed by atoms with Gasteiger partial charge >= 0.3 is 0 Å². The first kappa shape index (κ1) is 11.6. The minimum atomic E-state index is -0.569. The Hall–Kier alpha value is -0.860. The second kappa shape index (κ2) is 4.98. The SMILES string of the molecule is O=C1c2ccccc2CCC1CC(O)CCl. The molecule has 0 bridgehead atoms. The number of alkyl halides is 1. The van der Waals surface area contributed by atoms with Crippen LogP contribution in [0.5, 0.6) is 0 Å². The van der Waals surface area contributed by atoms with Crippen LogP contribution in [0.3, 0.4) is 0 Å². The van der Waals surface area contributed by atoms with Gasteiger partial charge in [0, 0.05) is 17.4 Å². The predicted molar refractivity (Wildman–Crippen MR) is 63.9 cm³/mol. The minimum Gasteiger partial charge on any atom is -0.392 e. The summed E-state index contributed by atoms with van der Waals surface area (Å²) in [5, 5.41) is 9.49. The maximum absolute atomic E-state index is 12.1. The Labute approximate surface area is 100 Å². The lowest BCUT2D eigenvalue weighted by Crippen LogP contribution is -2.27. The molecule has 0 spiro atoms. The molecule has 16 heavy (non-hydrogen) atoms. The third-order valence-corrected chi connectivity index (χ3v) is 3.51. The van der Waals surface area contributed by atoms with Crippen molar-refractivity contribution in [2.45, 2.75) is 25.4 Å². The molecule has 1 aliphatic carbocycles. The van der Waals surface area contributed by atoms with E-state index in [9.17, 15) is 9.90 Å². The van der Waals surface area contributed by atoms with E-state index in [1.165, 1.54) is 0 Å². The molecule has 2 atom stereocenters. The summed E-state index contributed by atoms with van der Waals surface area (Å²) in [6.45, 7) is 0. The molecule has 1 aliphatic rings. The van der Waals surface area contributed by atoms with Crippen LogP contribution >= 0.6 is 11.6 Å². The quantitative estimate of drug-likeness (QED) is 0.822. The number of halogens is 1. The van der Waals surface area contributed by atoms with Gasteiger partial charge in [0.25, 0.3) is 0 Å². The normalized spacial score (nSPS) is 21.6. The molecule has 0 saturated carbocycles. The summed E-state index contributed by atoms with van der Waals surface area (Å²) in [4.78, 5) is 12.1. The van der Waals surface area contributed by atoms with Crippen molar-refractivity contribution in [2.24, 2.45) is 5.92 Å². The summed E-state index contributed by atoms with van der Waals surface area (Å²) in [5.74, 6) is 0.292. The Balaban J connectivity index is 2.15. The first-order chi connectivity index (χ1) is 7.72. The number of ketones is 1. The van der Waals surface area contributed by atoms with Crippen molar-refractivity contribution in [2.75, 3.05) is 5.88 Å². The van der Waals surface area contributed by atoms with Crippen LogP contribution in [0.2, 0.25) is 0 Å². The molecule has 1 aromatic rings. The first-order valence-electron chi connectivity index (χ1n) is 5.58. The molecule has 1 aromatic carbocycles. The van der Waals surface area contributed by atoms with Crippen LogP contribution < -0.4 is 0 Å². The number of rotatable bonds is 3. The number of hydrogen-bond donors (Lipinski definition) is 1. The van der Waals surface area contributed by atoms with Crippen LogP contribution in [0.1, 0.15) is 28.8 Å². The molecule has 2 rings (SSSR count). The summed E-state index contributed by atoms with van der Waals surface area (Å²) in [6.07, 6.45) is 1.66. The second-order valence-electron chi connectivity index (χ2n) is 4.30. The van der Waals surface area contributed by atoms with Crippen molar-refractivity contribution < 1.29 is 9.90 Å². The standard InChI is InChI=1S/C13H15ClO2/c14-8-11(15)7-10-6-5-9-3-1-2-4-12(9)13(10)16/h1-4,10-11,15H,5-8H2. The Morgan fingerprint density at radius 1 is 1.44 bits per heavy atom. The van der Waals surface area contributed by atoms with Crippen molar-refractivity contribution in [3.8, 4) is 0 Å². The Morgan fingerprint density at radius 3 is 2.94 bits per heavy atom. The van der Waals surface area contributed by atoms with Crippen LogP contribution in [-0.4, -0.2) is 22.9 Å². The zero-order chi connectivity index (χ0) is 11.5. The number of benzene rings is 1. The van der Waals surface area contributed by atoms with Gasteiger partial charge in [-0.2, -0.15) is 0 Å². The van der Waals surface area contributed by atoms with Crippen molar-refractivity contribution in [3.05, 3.63) is 35.4 Å². The Bertz CT molecular complexity index is 389. The van der Waals surface area contributed by atoms with E-state index in [-0.39, 0.29) is 17.6 Å². The highest BCUT2D eigenvalue weighted by atomic mass is 35.5. The molecule has 0 amide bonds. The largest absolute Gasteiger partial charge is 0.392 e. The van der Waals surface area contributed by atoms with Gasteiger partial charge in [-0.15, -0.1) is 11.6 Å². The van der Waals surface area contributed by atoms with Gasteiger partial charge in [0.15, 0.2) is 5.78 Å².